The number of ether oxygens (including phenoxy) is 4. The number of aliphatic hydroxyl groups is 2. The van der Waals surface area contributed by atoms with Gasteiger partial charge in [-0.15, -0.1) is 23.2 Å². The van der Waals surface area contributed by atoms with Crippen LogP contribution in [0.1, 0.15) is 82.1 Å². The van der Waals surface area contributed by atoms with E-state index in [0.29, 0.717) is 13.2 Å². The number of halogens is 2. The Morgan fingerprint density at radius 1 is 0.743 bits per heavy atom. The molecule has 10 nitrogen and oxygen atoms in total. The summed E-state index contributed by atoms with van der Waals surface area (Å²) in [7, 11) is 1.59. The minimum absolute atomic E-state index is 0.0459. The molecule has 1 amide bonds. The maximum Gasteiger partial charge on any atom is 0.519 e. The van der Waals surface area contributed by atoms with Crippen LogP contribution in [0.4, 0.5) is 14.4 Å². The highest BCUT2D eigenvalue weighted by molar-refractivity contribution is 6.40. The number of hydrogen-bond donors (Lipinski definition) is 2. The van der Waals surface area contributed by atoms with Crippen LogP contribution >= 0.6 is 23.2 Å². The van der Waals surface area contributed by atoms with Crippen molar-refractivity contribution in [3.8, 4) is 0 Å². The normalized spacial score (nSPS) is 10.6. The fourth-order valence-corrected chi connectivity index (χ4v) is 1.35. The second-order valence-electron chi connectivity index (χ2n) is 9.83. The molecule has 12 heteroatoms. The van der Waals surface area contributed by atoms with Crippen LogP contribution in [-0.2, 0) is 18.9 Å². The summed E-state index contributed by atoms with van der Waals surface area (Å²) in [5, 5.41) is 16.8. The number of carbonyl (C=O) groups is 3. The third-order valence-corrected chi connectivity index (χ3v) is 2.60. The van der Waals surface area contributed by atoms with Gasteiger partial charge in [0.1, 0.15) is 16.8 Å². The van der Waals surface area contributed by atoms with Crippen molar-refractivity contribution in [2.75, 3.05) is 32.1 Å². The highest BCUT2D eigenvalue weighted by Gasteiger charge is 2.24. The van der Waals surface area contributed by atoms with Crippen LogP contribution in [0.5, 0.6) is 0 Å². The van der Waals surface area contributed by atoms with E-state index in [1.165, 1.54) is 4.90 Å². The molecule has 0 bridgehead atoms. The number of unbranched alkanes of at least 4 members (excludes halogenated alkanes) is 1. The molecule has 0 radical (unpaired) electrons. The predicted molar refractivity (Wildman–Crippen MR) is 138 cm³/mol. The maximum absolute atomic E-state index is 11.1. The van der Waals surface area contributed by atoms with Gasteiger partial charge in [-0.2, -0.15) is 0 Å². The molecule has 0 aromatic carbocycles. The van der Waals surface area contributed by atoms with Gasteiger partial charge in [0, 0.05) is 20.2 Å². The zero-order chi connectivity index (χ0) is 28.9. The largest absolute Gasteiger partial charge is 0.519 e. The molecule has 0 saturated heterocycles. The number of alkyl halides is 2. The quantitative estimate of drug-likeness (QED) is 0.189. The second-order valence-corrected chi connectivity index (χ2v) is 10.6. The molecule has 0 aliphatic carbocycles. The highest BCUT2D eigenvalue weighted by atomic mass is 35.5. The average molecular weight is 553 g/mol. The Bertz CT molecular complexity index is 527. The molecular formula is C23H47Cl2NO9. The zero-order valence-electron chi connectivity index (χ0n) is 23.2. The number of hydrogen-bond acceptors (Lipinski definition) is 9. The van der Waals surface area contributed by atoms with Crippen molar-refractivity contribution in [1.82, 2.24) is 4.90 Å². The summed E-state index contributed by atoms with van der Waals surface area (Å²) < 4.78 is 18.8. The molecule has 0 saturated carbocycles. The van der Waals surface area contributed by atoms with Crippen LogP contribution in [0.2, 0.25) is 0 Å². The SMILES string of the molecule is CC(C)(C)OC(=O)OC(=O)OC(C)(C)C.CCCCO.CN(CCO)C(=O)OC(C)(C)C.ClCCl. The van der Waals surface area contributed by atoms with E-state index in [2.05, 4.69) is 11.7 Å². The van der Waals surface area contributed by atoms with Crippen LogP contribution < -0.4 is 0 Å². The summed E-state index contributed by atoms with van der Waals surface area (Å²) in [6.07, 6.45) is -0.485. The number of carbonyl (C=O) groups excluding carboxylic acids is 3. The molecule has 0 heterocycles. The molecule has 35 heavy (non-hydrogen) atoms. The van der Waals surface area contributed by atoms with E-state index in [9.17, 15) is 14.4 Å². The van der Waals surface area contributed by atoms with E-state index in [1.807, 2.05) is 0 Å². The third-order valence-electron chi connectivity index (χ3n) is 2.60. The highest BCUT2D eigenvalue weighted by Crippen LogP contribution is 2.11. The lowest BCUT2D eigenvalue weighted by Crippen LogP contribution is -2.35. The van der Waals surface area contributed by atoms with Gasteiger partial charge < -0.3 is 34.1 Å². The first-order valence-electron chi connectivity index (χ1n) is 11.1. The number of likely N-dealkylation sites (N-methyl/N-ethyl adjacent to an activating group) is 1. The smallest absolute Gasteiger partial charge is 0.444 e. The molecule has 0 rings (SSSR count). The molecule has 0 aromatic rings. The molecule has 0 aliphatic rings. The Kier molecular flexibility index (Phi) is 25.3. The summed E-state index contributed by atoms with van der Waals surface area (Å²) in [5.41, 5.74) is -1.86. The number of amides is 1. The van der Waals surface area contributed by atoms with Gasteiger partial charge >= 0.3 is 18.4 Å². The summed E-state index contributed by atoms with van der Waals surface area (Å²) in [6.45, 7) is 18.1. The Labute approximate surface area is 221 Å². The summed E-state index contributed by atoms with van der Waals surface area (Å²) >= 11 is 9.53. The Morgan fingerprint density at radius 3 is 1.29 bits per heavy atom. The predicted octanol–water partition coefficient (Wildman–Crippen LogP) is 5.92. The van der Waals surface area contributed by atoms with E-state index in [1.54, 1.807) is 69.4 Å². The van der Waals surface area contributed by atoms with Crippen LogP contribution in [-0.4, -0.2) is 82.5 Å². The van der Waals surface area contributed by atoms with Crippen molar-refractivity contribution >= 4 is 41.6 Å². The topological polar surface area (TPSA) is 132 Å². The minimum atomic E-state index is -1.06. The van der Waals surface area contributed by atoms with Crippen molar-refractivity contribution in [3.05, 3.63) is 0 Å². The molecule has 0 aliphatic heterocycles. The fraction of sp³-hybridized carbons (Fsp3) is 0.870. The van der Waals surface area contributed by atoms with E-state index >= 15 is 0 Å². The van der Waals surface area contributed by atoms with Crippen LogP contribution in [0, 0.1) is 0 Å². The van der Waals surface area contributed by atoms with Gasteiger partial charge in [0.15, 0.2) is 0 Å². The molecule has 2 N–H and O–H groups in total. The first-order valence-corrected chi connectivity index (χ1v) is 12.2. The van der Waals surface area contributed by atoms with Crippen molar-refractivity contribution in [2.45, 2.75) is 98.9 Å². The number of nitrogens with zero attached hydrogens (tertiary/aromatic N) is 1. The lowest BCUT2D eigenvalue weighted by molar-refractivity contribution is -0.0294. The van der Waals surface area contributed by atoms with Crippen molar-refractivity contribution in [1.29, 1.82) is 0 Å². The lowest BCUT2D eigenvalue weighted by atomic mass is 10.2. The fourth-order valence-electron chi connectivity index (χ4n) is 1.35. The van der Waals surface area contributed by atoms with Crippen LogP contribution in [0.25, 0.3) is 0 Å². The Balaban J connectivity index is -0.000000213. The standard InChI is InChI=1S/C10H18O5.C8H17NO3.C4H10O.CH2Cl2/c1-9(2,3)14-7(11)13-8(12)15-10(4,5)6;1-8(2,3)12-7(11)9(4)5-6-10;1-2-3-4-5;2-1-3/h1-6H3;10H,5-6H2,1-4H3;5H,2-4H2,1H3;1H2. The average Bonchev–Trinajstić information content (AvgIpc) is 2.59. The van der Waals surface area contributed by atoms with E-state index in [-0.39, 0.29) is 11.9 Å². The van der Waals surface area contributed by atoms with Gasteiger partial charge in [-0.25, -0.2) is 14.4 Å². The molecule has 212 valence electrons. The third kappa shape index (κ3) is 43.1. The van der Waals surface area contributed by atoms with Crippen LogP contribution in [0.15, 0.2) is 0 Å². The van der Waals surface area contributed by atoms with Crippen molar-refractivity contribution in [3.63, 3.8) is 0 Å². The van der Waals surface area contributed by atoms with Crippen molar-refractivity contribution < 1.29 is 43.5 Å². The summed E-state index contributed by atoms with van der Waals surface area (Å²) in [6, 6.07) is 0. The Hall–Kier alpha value is -1.49. The molecule has 0 spiro atoms. The number of aliphatic hydroxyl groups excluding tert-OH is 2. The van der Waals surface area contributed by atoms with E-state index < -0.39 is 35.2 Å². The maximum atomic E-state index is 11.1. The summed E-state index contributed by atoms with van der Waals surface area (Å²) in [5.74, 6) is 0. The van der Waals surface area contributed by atoms with Crippen molar-refractivity contribution in [2.24, 2.45) is 0 Å². The molecule has 0 atom stereocenters. The van der Waals surface area contributed by atoms with E-state index in [0.717, 1.165) is 12.8 Å². The minimum Gasteiger partial charge on any atom is -0.444 e. The van der Waals surface area contributed by atoms with Gasteiger partial charge in [-0.3, -0.25) is 0 Å². The summed E-state index contributed by atoms with van der Waals surface area (Å²) in [4.78, 5) is 34.5. The van der Waals surface area contributed by atoms with Crippen LogP contribution in [0.3, 0.4) is 0 Å². The molecule has 0 aromatic heterocycles. The van der Waals surface area contributed by atoms with Gasteiger partial charge in [0.2, 0.25) is 0 Å². The van der Waals surface area contributed by atoms with Gasteiger partial charge in [0.25, 0.3) is 0 Å². The molecular weight excluding hydrogens is 505 g/mol. The molecule has 0 unspecified atom stereocenters. The first-order chi connectivity index (χ1) is 15.7. The molecule has 0 fully saturated rings. The first kappa shape index (κ1) is 40.7. The van der Waals surface area contributed by atoms with Gasteiger partial charge in [0.05, 0.1) is 11.9 Å². The lowest BCUT2D eigenvalue weighted by Gasteiger charge is -2.24. The monoisotopic (exact) mass is 551 g/mol. The van der Waals surface area contributed by atoms with Gasteiger partial charge in [-0.05, 0) is 68.7 Å². The van der Waals surface area contributed by atoms with Gasteiger partial charge in [-0.1, -0.05) is 13.3 Å². The zero-order valence-corrected chi connectivity index (χ0v) is 24.7. The van der Waals surface area contributed by atoms with E-state index in [4.69, 9.17) is 47.6 Å². The second kappa shape index (κ2) is 21.8. The Morgan fingerprint density at radius 2 is 1.09 bits per heavy atom. The number of rotatable bonds is 4.